The summed E-state index contributed by atoms with van der Waals surface area (Å²) >= 11 is 0. The zero-order valence-corrected chi connectivity index (χ0v) is 16.0. The maximum absolute atomic E-state index is 13.8. The summed E-state index contributed by atoms with van der Waals surface area (Å²) in [5.41, 5.74) is 0.723. The molecule has 2 saturated heterocycles. The molecule has 1 aromatic rings. The minimum Gasteiger partial charge on any atom is -0.370 e. The predicted octanol–water partition coefficient (Wildman–Crippen LogP) is 3.50. The minimum absolute atomic E-state index is 0.0425. The van der Waals surface area contributed by atoms with E-state index < -0.39 is 0 Å². The topological polar surface area (TPSA) is 41.6 Å². The molecule has 1 spiro atoms. The van der Waals surface area contributed by atoms with Gasteiger partial charge >= 0.3 is 0 Å². The van der Waals surface area contributed by atoms with Crippen molar-refractivity contribution in [2.75, 3.05) is 19.6 Å². The fourth-order valence-corrected chi connectivity index (χ4v) is 4.06. The van der Waals surface area contributed by atoms with Gasteiger partial charge in [0.15, 0.2) is 0 Å². The Morgan fingerprint density at radius 2 is 2.04 bits per heavy atom. The van der Waals surface area contributed by atoms with Gasteiger partial charge in [0.2, 0.25) is 5.91 Å². The van der Waals surface area contributed by atoms with E-state index in [1.165, 1.54) is 6.07 Å². The first kappa shape index (κ1) is 19.3. The number of amides is 1. The number of ether oxygens (including phenoxy) is 1. The Bertz CT molecular complexity index is 612. The molecule has 2 heterocycles. The SMILES string of the molecule is CC(C)CC(=O)NC[C@@H]1CCC2(CCN(Cc3ccccc3F)CC2)O1. The van der Waals surface area contributed by atoms with Crippen LogP contribution >= 0.6 is 0 Å². The number of benzene rings is 1. The summed E-state index contributed by atoms with van der Waals surface area (Å²) in [4.78, 5) is 14.1. The molecule has 5 heteroatoms. The van der Waals surface area contributed by atoms with Crippen molar-refractivity contribution in [1.82, 2.24) is 10.2 Å². The zero-order valence-electron chi connectivity index (χ0n) is 16.0. The number of likely N-dealkylation sites (tertiary alicyclic amines) is 1. The van der Waals surface area contributed by atoms with Crippen molar-refractivity contribution < 1.29 is 13.9 Å². The molecule has 2 fully saturated rings. The average Bonchev–Trinajstić information content (AvgIpc) is 3.00. The predicted molar refractivity (Wildman–Crippen MR) is 100 cm³/mol. The fourth-order valence-electron chi connectivity index (χ4n) is 4.06. The van der Waals surface area contributed by atoms with Crippen LogP contribution in [0.4, 0.5) is 4.39 Å². The molecule has 0 aromatic heterocycles. The normalized spacial score (nSPS) is 22.8. The van der Waals surface area contributed by atoms with Gasteiger partial charge in [0, 0.05) is 38.2 Å². The molecule has 0 aliphatic carbocycles. The van der Waals surface area contributed by atoms with Gasteiger partial charge in [-0.05, 0) is 37.7 Å². The van der Waals surface area contributed by atoms with Crippen LogP contribution in [-0.2, 0) is 16.1 Å². The molecule has 2 aliphatic heterocycles. The van der Waals surface area contributed by atoms with E-state index in [0.29, 0.717) is 25.4 Å². The molecule has 1 aromatic carbocycles. The van der Waals surface area contributed by atoms with Crippen LogP contribution in [0.3, 0.4) is 0 Å². The third kappa shape index (κ3) is 5.04. The minimum atomic E-state index is -0.123. The molecule has 0 bridgehead atoms. The number of carbonyl (C=O) groups excluding carboxylic acids is 1. The lowest BCUT2D eigenvalue weighted by atomic mass is 9.88. The molecular formula is C21H31FN2O2. The van der Waals surface area contributed by atoms with Gasteiger partial charge in [-0.25, -0.2) is 4.39 Å². The van der Waals surface area contributed by atoms with Crippen LogP contribution in [-0.4, -0.2) is 42.1 Å². The summed E-state index contributed by atoms with van der Waals surface area (Å²) in [6, 6.07) is 7.01. The second kappa shape index (κ2) is 8.49. The molecule has 1 atom stereocenters. The Hall–Kier alpha value is -1.46. The fraction of sp³-hybridized carbons (Fsp3) is 0.667. The highest BCUT2D eigenvalue weighted by Gasteiger charge is 2.42. The Kier molecular flexibility index (Phi) is 6.30. The standard InChI is InChI=1S/C21H31FN2O2/c1-16(2)13-20(25)23-14-18-7-8-21(26-18)9-11-24(12-10-21)15-17-5-3-4-6-19(17)22/h3-6,16,18H,7-15H2,1-2H3,(H,23,25)/t18-/m0/s1. The summed E-state index contributed by atoms with van der Waals surface area (Å²) in [7, 11) is 0. The zero-order chi connectivity index (χ0) is 18.6. The van der Waals surface area contributed by atoms with Gasteiger partial charge in [-0.2, -0.15) is 0 Å². The van der Waals surface area contributed by atoms with Gasteiger partial charge in [0.05, 0.1) is 11.7 Å². The first-order valence-electron chi connectivity index (χ1n) is 9.86. The molecule has 26 heavy (non-hydrogen) atoms. The Morgan fingerprint density at radius 3 is 2.73 bits per heavy atom. The van der Waals surface area contributed by atoms with Crippen LogP contribution in [0.1, 0.15) is 51.5 Å². The molecule has 1 amide bonds. The van der Waals surface area contributed by atoms with Gasteiger partial charge in [-0.15, -0.1) is 0 Å². The number of hydrogen-bond donors (Lipinski definition) is 1. The maximum atomic E-state index is 13.8. The Balaban J connectivity index is 1.43. The van der Waals surface area contributed by atoms with Gasteiger partial charge in [-0.1, -0.05) is 32.0 Å². The van der Waals surface area contributed by atoms with Gasteiger partial charge in [-0.3, -0.25) is 9.69 Å². The van der Waals surface area contributed by atoms with Crippen molar-refractivity contribution in [3.05, 3.63) is 35.6 Å². The van der Waals surface area contributed by atoms with E-state index in [2.05, 4.69) is 24.1 Å². The highest BCUT2D eigenvalue weighted by Crippen LogP contribution is 2.39. The lowest BCUT2D eigenvalue weighted by molar-refractivity contribution is -0.123. The van der Waals surface area contributed by atoms with E-state index in [9.17, 15) is 9.18 Å². The van der Waals surface area contributed by atoms with Gasteiger partial charge < -0.3 is 10.1 Å². The van der Waals surface area contributed by atoms with E-state index >= 15 is 0 Å². The number of nitrogens with zero attached hydrogens (tertiary/aromatic N) is 1. The number of hydrogen-bond acceptors (Lipinski definition) is 3. The number of halogens is 1. The van der Waals surface area contributed by atoms with Crippen LogP contribution in [0.15, 0.2) is 24.3 Å². The second-order valence-corrected chi connectivity index (χ2v) is 8.23. The molecule has 4 nitrogen and oxygen atoms in total. The van der Waals surface area contributed by atoms with Gasteiger partial charge in [0.25, 0.3) is 0 Å². The highest BCUT2D eigenvalue weighted by atomic mass is 19.1. The van der Waals surface area contributed by atoms with Crippen LogP contribution in [0, 0.1) is 11.7 Å². The van der Waals surface area contributed by atoms with E-state index in [4.69, 9.17) is 4.74 Å². The Labute approximate surface area is 156 Å². The second-order valence-electron chi connectivity index (χ2n) is 8.23. The molecule has 144 valence electrons. The maximum Gasteiger partial charge on any atom is 0.220 e. The monoisotopic (exact) mass is 362 g/mol. The van der Waals surface area contributed by atoms with Crippen LogP contribution in [0.25, 0.3) is 0 Å². The molecule has 3 rings (SSSR count). The third-order valence-electron chi connectivity index (χ3n) is 5.58. The number of piperidine rings is 1. The van der Waals surface area contributed by atoms with Crippen molar-refractivity contribution in [2.24, 2.45) is 5.92 Å². The quantitative estimate of drug-likeness (QED) is 0.842. The van der Waals surface area contributed by atoms with E-state index in [1.807, 2.05) is 12.1 Å². The van der Waals surface area contributed by atoms with Crippen molar-refractivity contribution in [3.8, 4) is 0 Å². The summed E-state index contributed by atoms with van der Waals surface area (Å²) < 4.78 is 20.2. The summed E-state index contributed by atoms with van der Waals surface area (Å²) in [6.07, 6.45) is 4.74. The summed E-state index contributed by atoms with van der Waals surface area (Å²) in [5, 5.41) is 3.01. The smallest absolute Gasteiger partial charge is 0.220 e. The molecule has 0 radical (unpaired) electrons. The van der Waals surface area contributed by atoms with Gasteiger partial charge in [0.1, 0.15) is 5.82 Å². The van der Waals surface area contributed by atoms with E-state index in [1.54, 1.807) is 6.07 Å². The molecular weight excluding hydrogens is 331 g/mol. The first-order valence-corrected chi connectivity index (χ1v) is 9.86. The number of nitrogens with one attached hydrogen (secondary N) is 1. The summed E-state index contributed by atoms with van der Waals surface area (Å²) in [5.74, 6) is 0.371. The lowest BCUT2D eigenvalue weighted by Gasteiger charge is -2.39. The van der Waals surface area contributed by atoms with Crippen molar-refractivity contribution >= 4 is 5.91 Å². The molecule has 1 N–H and O–H groups in total. The Morgan fingerprint density at radius 1 is 1.31 bits per heavy atom. The highest BCUT2D eigenvalue weighted by molar-refractivity contribution is 5.76. The summed E-state index contributed by atoms with van der Waals surface area (Å²) in [6.45, 7) is 7.25. The van der Waals surface area contributed by atoms with Crippen LogP contribution in [0.5, 0.6) is 0 Å². The molecule has 0 saturated carbocycles. The third-order valence-corrected chi connectivity index (χ3v) is 5.58. The first-order chi connectivity index (χ1) is 12.5. The van der Waals surface area contributed by atoms with Crippen LogP contribution < -0.4 is 5.32 Å². The van der Waals surface area contributed by atoms with Crippen molar-refractivity contribution in [3.63, 3.8) is 0 Å². The number of rotatable bonds is 6. The van der Waals surface area contributed by atoms with Crippen LogP contribution in [0.2, 0.25) is 0 Å². The molecule has 0 unspecified atom stereocenters. The van der Waals surface area contributed by atoms with Crippen molar-refractivity contribution in [1.29, 1.82) is 0 Å². The lowest BCUT2D eigenvalue weighted by Crippen LogP contribution is -2.45. The van der Waals surface area contributed by atoms with E-state index in [-0.39, 0.29) is 23.4 Å². The average molecular weight is 362 g/mol. The largest absolute Gasteiger partial charge is 0.370 e. The number of carbonyl (C=O) groups is 1. The van der Waals surface area contributed by atoms with E-state index in [0.717, 1.165) is 44.3 Å². The van der Waals surface area contributed by atoms with Crippen molar-refractivity contribution in [2.45, 2.75) is 64.2 Å². The molecule has 2 aliphatic rings.